The number of halogens is 1. The number of rotatable bonds is 4. The largest absolute Gasteiger partial charge is 0.226 e. The van der Waals surface area contributed by atoms with Crippen LogP contribution >= 0.6 is 11.6 Å². The third-order valence-corrected chi connectivity index (χ3v) is 9.64. The maximum atomic E-state index is 6.42. The first-order valence-corrected chi connectivity index (χ1v) is 14.6. The van der Waals surface area contributed by atoms with Crippen LogP contribution in [0.25, 0.3) is 45.0 Å². The molecule has 0 aliphatic heterocycles. The molecule has 1 aromatic heterocycles. The molecule has 0 atom stereocenters. The fourth-order valence-electron chi connectivity index (χ4n) is 6.05. The highest BCUT2D eigenvalue weighted by Crippen LogP contribution is 2.25. The fraction of sp³-hybridized carbons (Fsp3) is 0. The van der Waals surface area contributed by atoms with Crippen molar-refractivity contribution < 1.29 is 0 Å². The van der Waals surface area contributed by atoms with Crippen LogP contribution in [0.15, 0.2) is 48.5 Å². The molecule has 0 saturated carbocycles. The maximum Gasteiger partial charge on any atom is 0.226 e. The molecule has 1 heterocycles. The highest BCUT2D eigenvalue weighted by atomic mass is 35.5. The Kier molecular flexibility index (Phi) is 8.05. The van der Waals surface area contributed by atoms with Gasteiger partial charge in [0, 0.05) is 11.1 Å². The van der Waals surface area contributed by atoms with E-state index in [1.54, 1.807) is 0 Å². The van der Waals surface area contributed by atoms with Gasteiger partial charge in [-0.05, 0) is 33.9 Å². The van der Waals surface area contributed by atoms with Crippen molar-refractivity contribution in [3.8, 4) is 45.0 Å². The topological polar surface area (TPSA) is 38.7 Å². The van der Waals surface area contributed by atoms with Gasteiger partial charge in [0.1, 0.15) is 78.5 Å². The van der Waals surface area contributed by atoms with Crippen LogP contribution in [-0.2, 0) is 0 Å². The molecule has 14 heteroatoms. The van der Waals surface area contributed by atoms with Crippen LogP contribution in [-0.4, -0.2) is 93.4 Å². The normalized spacial score (nSPS) is 11.0. The molecule has 0 saturated heterocycles. The zero-order valence-corrected chi connectivity index (χ0v) is 26.6. The van der Waals surface area contributed by atoms with E-state index in [1.165, 1.54) is 76.9 Å². The second-order valence-electron chi connectivity index (χ2n) is 11.4. The van der Waals surface area contributed by atoms with E-state index in [9.17, 15) is 0 Å². The third-order valence-electron chi connectivity index (χ3n) is 9.47. The van der Waals surface area contributed by atoms with E-state index >= 15 is 0 Å². The lowest BCUT2D eigenvalue weighted by Gasteiger charge is -2.20. The van der Waals surface area contributed by atoms with Crippen LogP contribution < -0.4 is 54.6 Å². The van der Waals surface area contributed by atoms with Crippen LogP contribution in [0.3, 0.4) is 0 Å². The molecule has 0 N–H and O–H groups in total. The average Bonchev–Trinajstić information content (AvgIpc) is 2.97. The van der Waals surface area contributed by atoms with Gasteiger partial charge in [0.05, 0.1) is 0 Å². The molecule has 0 spiro atoms. The summed E-state index contributed by atoms with van der Waals surface area (Å²) >= 11 is 6.42. The van der Waals surface area contributed by atoms with E-state index in [4.69, 9.17) is 16.6 Å². The minimum atomic E-state index is 0.186. The fourth-order valence-corrected chi connectivity index (χ4v) is 6.21. The first kappa shape index (κ1) is 29.3. The Labute approximate surface area is 257 Å². The average molecular weight is 538 g/mol. The summed E-state index contributed by atoms with van der Waals surface area (Å²) in [5.41, 5.74) is 20.3. The van der Waals surface area contributed by atoms with Crippen molar-refractivity contribution in [1.82, 2.24) is 15.0 Å². The van der Waals surface area contributed by atoms with Crippen molar-refractivity contribution in [3.05, 3.63) is 53.8 Å². The van der Waals surface area contributed by atoms with Gasteiger partial charge in [-0.25, -0.2) is 4.98 Å². The molecule has 0 aliphatic carbocycles. The van der Waals surface area contributed by atoms with Crippen molar-refractivity contribution in [2.24, 2.45) is 0 Å². The summed E-state index contributed by atoms with van der Waals surface area (Å²) in [4.78, 5) is 13.8. The first-order chi connectivity index (χ1) is 19.4. The quantitative estimate of drug-likeness (QED) is 0.214. The molecule has 5 aromatic rings. The highest BCUT2D eigenvalue weighted by Gasteiger charge is 2.16. The molecular formula is C27H28B10ClN3. The van der Waals surface area contributed by atoms with Crippen LogP contribution in [0.5, 0.6) is 0 Å². The number of hydrogen-bond acceptors (Lipinski definition) is 3. The number of nitrogens with zero attached hydrogens (tertiary/aromatic N) is 3. The summed E-state index contributed by atoms with van der Waals surface area (Å²) in [6.07, 6.45) is 0. The Morgan fingerprint density at radius 1 is 0.341 bits per heavy atom. The van der Waals surface area contributed by atoms with Crippen LogP contribution in [0, 0.1) is 0 Å². The Hall–Kier alpha value is -3.17. The summed E-state index contributed by atoms with van der Waals surface area (Å²) in [5.74, 6) is 1.13. The highest BCUT2D eigenvalue weighted by molar-refractivity contribution is 6.69. The molecule has 0 amide bonds. The summed E-state index contributed by atoms with van der Waals surface area (Å²) in [6.45, 7) is 0. The predicted octanol–water partition coefficient (Wildman–Crippen LogP) is -10.2. The molecule has 0 bridgehead atoms. The Bertz CT molecular complexity index is 1660. The summed E-state index contributed by atoms with van der Waals surface area (Å²) in [7, 11) is 22.1. The number of benzene rings is 4. The van der Waals surface area contributed by atoms with Crippen LogP contribution in [0.2, 0.25) is 5.28 Å². The lowest BCUT2D eigenvalue weighted by atomic mass is 9.59. The van der Waals surface area contributed by atoms with Crippen LogP contribution in [0.1, 0.15) is 0 Å². The van der Waals surface area contributed by atoms with E-state index in [2.05, 4.69) is 137 Å². The second-order valence-corrected chi connectivity index (χ2v) is 11.7. The van der Waals surface area contributed by atoms with E-state index < -0.39 is 0 Å². The summed E-state index contributed by atoms with van der Waals surface area (Å²) in [5, 5.41) is 0.186. The van der Waals surface area contributed by atoms with E-state index in [-0.39, 0.29) is 5.28 Å². The smallest absolute Gasteiger partial charge is 0.208 e. The van der Waals surface area contributed by atoms with Gasteiger partial charge in [0.2, 0.25) is 5.28 Å². The van der Waals surface area contributed by atoms with Crippen molar-refractivity contribution in [1.29, 1.82) is 0 Å². The molecule has 0 fully saturated rings. The second kappa shape index (κ2) is 11.2. The number of hydrogen-bond donors (Lipinski definition) is 0. The van der Waals surface area contributed by atoms with Gasteiger partial charge < -0.3 is 0 Å². The number of aromatic nitrogens is 3. The van der Waals surface area contributed by atoms with Crippen molar-refractivity contribution in [2.45, 2.75) is 0 Å². The van der Waals surface area contributed by atoms with Gasteiger partial charge in [-0.1, -0.05) is 70.4 Å². The molecule has 4 aromatic carbocycles. The van der Waals surface area contributed by atoms with Crippen molar-refractivity contribution in [2.75, 3.05) is 0 Å². The molecule has 41 heavy (non-hydrogen) atoms. The Morgan fingerprint density at radius 3 is 0.878 bits per heavy atom. The van der Waals surface area contributed by atoms with Gasteiger partial charge in [-0.2, -0.15) is 9.97 Å². The van der Waals surface area contributed by atoms with Gasteiger partial charge in [0.15, 0.2) is 11.6 Å². The molecule has 188 valence electrons. The van der Waals surface area contributed by atoms with Gasteiger partial charge in [0.25, 0.3) is 0 Å². The summed E-state index contributed by atoms with van der Waals surface area (Å²) < 4.78 is 0. The predicted molar refractivity (Wildman–Crippen MR) is 208 cm³/mol. The molecule has 0 unspecified atom stereocenters. The minimum absolute atomic E-state index is 0.186. The van der Waals surface area contributed by atoms with E-state index in [1.807, 2.05) is 0 Å². The lowest BCUT2D eigenvalue weighted by Crippen LogP contribution is -2.55. The van der Waals surface area contributed by atoms with E-state index in [0.29, 0.717) is 11.6 Å². The maximum absolute atomic E-state index is 6.42. The molecule has 0 aliphatic rings. The van der Waals surface area contributed by atoms with Gasteiger partial charge >= 0.3 is 0 Å². The molecule has 0 radical (unpaired) electrons. The Balaban J connectivity index is 1.50. The van der Waals surface area contributed by atoms with Crippen molar-refractivity contribution in [3.63, 3.8) is 0 Å². The van der Waals surface area contributed by atoms with Crippen LogP contribution in [0.4, 0.5) is 0 Å². The monoisotopic (exact) mass is 539 g/mol. The first-order valence-electron chi connectivity index (χ1n) is 14.2. The molecular weight excluding hydrogens is 510 g/mol. The van der Waals surface area contributed by atoms with E-state index in [0.717, 1.165) is 11.1 Å². The third kappa shape index (κ3) is 5.18. The minimum Gasteiger partial charge on any atom is -0.208 e. The lowest BCUT2D eigenvalue weighted by molar-refractivity contribution is 1.07. The van der Waals surface area contributed by atoms with Gasteiger partial charge in [-0.15, -0.1) is 32.8 Å². The molecule has 3 nitrogen and oxygen atoms in total. The molecule has 5 rings (SSSR count). The zero-order chi connectivity index (χ0) is 29.7. The summed E-state index contributed by atoms with van der Waals surface area (Å²) in [6, 6.07) is 16.9. The van der Waals surface area contributed by atoms with Crippen molar-refractivity contribution >= 4 is 145 Å². The standard InChI is InChI=1S/C27H28B10ClN3/c28-15-13(16(29)20(33)23(36)19(15)32)9-1-5-11(6-2-9)25-39-26(41-27(38)40-25)12-7-3-10(4-8-12)14-17(30)21(34)24(37)22(35)18(14)31/h1-8H,28-37H2. The van der Waals surface area contributed by atoms with Gasteiger partial charge in [-0.3, -0.25) is 0 Å². The zero-order valence-electron chi connectivity index (χ0n) is 25.8. The Morgan fingerprint density at radius 2 is 0.585 bits per heavy atom. The SMILES string of the molecule is Bc1c(B)c(B)c(-c2ccc(-c3nc(Cl)nc(-c4ccc(-c5c(B)c(B)c(B)c(B)c5B)cc4)n3)cc2)c(B)c1B.